The van der Waals surface area contributed by atoms with Gasteiger partial charge in [-0.3, -0.25) is 0 Å². The fraction of sp³-hybridized carbons (Fsp3) is 0.0612. The molecule has 0 amide bonds. The Labute approximate surface area is 308 Å². The van der Waals surface area contributed by atoms with Crippen molar-refractivity contribution in [3.8, 4) is 22.3 Å². The van der Waals surface area contributed by atoms with Crippen LogP contribution < -0.4 is 10.2 Å². The first-order chi connectivity index (χ1) is 25.5. The molecule has 0 aliphatic heterocycles. The summed E-state index contributed by atoms with van der Waals surface area (Å²) in [6.07, 6.45) is 0. The summed E-state index contributed by atoms with van der Waals surface area (Å²) in [7, 11) is 0. The third-order valence-electron chi connectivity index (χ3n) is 10.8. The average Bonchev–Trinajstić information content (AvgIpc) is 3.67. The molecule has 0 unspecified atom stereocenters. The average molecular weight is 685 g/mol. The van der Waals surface area contributed by atoms with Crippen molar-refractivity contribution in [3.63, 3.8) is 0 Å². The van der Waals surface area contributed by atoms with E-state index in [9.17, 15) is 0 Å². The Kier molecular flexibility index (Phi) is 7.06. The molecule has 1 aliphatic carbocycles. The number of thiophene rings is 1. The molecule has 0 radical (unpaired) electrons. The predicted molar refractivity (Wildman–Crippen MR) is 224 cm³/mol. The van der Waals surface area contributed by atoms with Gasteiger partial charge in [0.25, 0.3) is 0 Å². The van der Waals surface area contributed by atoms with Crippen LogP contribution in [0.15, 0.2) is 176 Å². The number of benzene rings is 8. The van der Waals surface area contributed by atoms with Crippen molar-refractivity contribution < 1.29 is 0 Å². The van der Waals surface area contributed by atoms with Crippen LogP contribution in [0.5, 0.6) is 0 Å². The zero-order valence-corrected chi connectivity index (χ0v) is 29.9. The zero-order valence-electron chi connectivity index (χ0n) is 29.1. The quantitative estimate of drug-likeness (QED) is 0.188. The predicted octanol–water partition coefficient (Wildman–Crippen LogP) is 14.4. The summed E-state index contributed by atoms with van der Waals surface area (Å²) < 4.78 is 2.62. The second kappa shape index (κ2) is 12.0. The summed E-state index contributed by atoms with van der Waals surface area (Å²) in [5.74, 6) is 0. The number of hydrogen-bond donors (Lipinski definition) is 1. The molecule has 52 heavy (non-hydrogen) atoms. The van der Waals surface area contributed by atoms with E-state index in [0.717, 1.165) is 28.4 Å². The number of rotatable bonds is 6. The van der Waals surface area contributed by atoms with E-state index in [0.29, 0.717) is 0 Å². The highest BCUT2D eigenvalue weighted by Gasteiger charge is 2.35. The van der Waals surface area contributed by atoms with Crippen molar-refractivity contribution in [2.24, 2.45) is 0 Å². The highest BCUT2D eigenvalue weighted by molar-refractivity contribution is 7.25. The largest absolute Gasteiger partial charge is 0.356 e. The third kappa shape index (κ3) is 5.08. The molecule has 248 valence electrons. The van der Waals surface area contributed by atoms with E-state index in [4.69, 9.17) is 0 Å². The molecule has 3 heteroatoms. The van der Waals surface area contributed by atoms with Crippen LogP contribution >= 0.6 is 11.3 Å². The molecule has 0 bridgehead atoms. The Morgan fingerprint density at radius 1 is 0.442 bits per heavy atom. The van der Waals surface area contributed by atoms with Gasteiger partial charge in [0.1, 0.15) is 0 Å². The van der Waals surface area contributed by atoms with Gasteiger partial charge < -0.3 is 10.2 Å². The molecule has 2 nitrogen and oxygen atoms in total. The van der Waals surface area contributed by atoms with Crippen molar-refractivity contribution >= 4 is 70.7 Å². The minimum atomic E-state index is -0.0811. The molecular formula is C49H36N2S. The first-order valence-corrected chi connectivity index (χ1v) is 18.7. The van der Waals surface area contributed by atoms with Gasteiger partial charge in [0.05, 0.1) is 0 Å². The molecule has 1 aliphatic rings. The molecule has 9 aromatic rings. The molecule has 10 rings (SSSR count). The highest BCUT2D eigenvalue weighted by atomic mass is 32.1. The lowest BCUT2D eigenvalue weighted by Crippen LogP contribution is -2.16. The Morgan fingerprint density at radius 3 is 1.90 bits per heavy atom. The maximum atomic E-state index is 3.58. The summed E-state index contributed by atoms with van der Waals surface area (Å²) in [4.78, 5) is 2.42. The fourth-order valence-corrected chi connectivity index (χ4v) is 9.25. The van der Waals surface area contributed by atoms with Crippen LogP contribution in [-0.2, 0) is 5.41 Å². The summed E-state index contributed by atoms with van der Waals surface area (Å²) >= 11 is 1.86. The van der Waals surface area contributed by atoms with Gasteiger partial charge in [0.15, 0.2) is 0 Å². The Hall–Kier alpha value is -6.16. The van der Waals surface area contributed by atoms with Crippen molar-refractivity contribution in [3.05, 3.63) is 187 Å². The van der Waals surface area contributed by atoms with E-state index in [1.165, 1.54) is 64.3 Å². The maximum Gasteiger partial charge on any atom is 0.0476 e. The molecule has 0 fully saturated rings. The second-order valence-electron chi connectivity index (χ2n) is 14.3. The van der Waals surface area contributed by atoms with Crippen LogP contribution in [0.3, 0.4) is 0 Å². The zero-order chi connectivity index (χ0) is 34.8. The van der Waals surface area contributed by atoms with Crippen LogP contribution in [-0.4, -0.2) is 0 Å². The van der Waals surface area contributed by atoms with Gasteiger partial charge in [-0.1, -0.05) is 123 Å². The molecule has 1 heterocycles. The van der Waals surface area contributed by atoms with Crippen LogP contribution in [0.25, 0.3) is 53.2 Å². The van der Waals surface area contributed by atoms with E-state index in [1.807, 2.05) is 11.3 Å². The molecule has 1 aromatic heterocycles. The topological polar surface area (TPSA) is 15.3 Å². The van der Waals surface area contributed by atoms with Gasteiger partial charge in [-0.05, 0) is 111 Å². The number of nitrogens with one attached hydrogen (secondary N) is 1. The van der Waals surface area contributed by atoms with E-state index in [-0.39, 0.29) is 5.41 Å². The summed E-state index contributed by atoms with van der Waals surface area (Å²) in [5.41, 5.74) is 13.3. The van der Waals surface area contributed by atoms with Crippen molar-refractivity contribution in [2.75, 3.05) is 10.2 Å². The summed E-state index contributed by atoms with van der Waals surface area (Å²) in [5, 5.41) is 8.69. The lowest BCUT2D eigenvalue weighted by Gasteiger charge is -2.28. The Bertz CT molecular complexity index is 2790. The highest BCUT2D eigenvalue weighted by Crippen LogP contribution is 2.51. The second-order valence-corrected chi connectivity index (χ2v) is 15.4. The van der Waals surface area contributed by atoms with Crippen LogP contribution in [0, 0.1) is 0 Å². The Balaban J connectivity index is 1.01. The Morgan fingerprint density at radius 2 is 1.06 bits per heavy atom. The molecular weight excluding hydrogens is 649 g/mol. The van der Waals surface area contributed by atoms with Gasteiger partial charge in [0.2, 0.25) is 0 Å². The van der Waals surface area contributed by atoms with Gasteiger partial charge in [-0.15, -0.1) is 11.3 Å². The van der Waals surface area contributed by atoms with E-state index in [2.05, 4.69) is 200 Å². The third-order valence-corrected chi connectivity index (χ3v) is 12.0. The standard InChI is InChI=1S/C49H36N2S/c1-49(2)45-13-7-5-11-41(45)42-27-25-39(30-46(42)49)51(40-26-28-44-43-12-6-8-14-47(43)52-48(44)31-40)38-23-18-34(19-24-38)33-15-20-36(21-16-33)50-37-22-17-32-9-3-4-10-35(32)29-37/h3-31,50H,1-2H3. The first kappa shape index (κ1) is 30.6. The van der Waals surface area contributed by atoms with E-state index < -0.39 is 0 Å². The first-order valence-electron chi connectivity index (χ1n) is 17.9. The SMILES string of the molecule is CC1(C)c2ccccc2-c2ccc(N(c3ccc(-c4ccc(Nc5ccc6ccccc6c5)cc4)cc3)c3ccc4c(c3)sc3ccccc34)cc21. The minimum Gasteiger partial charge on any atom is -0.356 e. The normalized spacial score (nSPS) is 13.0. The van der Waals surface area contributed by atoms with Crippen molar-refractivity contribution in [1.29, 1.82) is 0 Å². The van der Waals surface area contributed by atoms with Crippen molar-refractivity contribution in [1.82, 2.24) is 0 Å². The number of anilines is 5. The molecule has 0 saturated carbocycles. The maximum absolute atomic E-state index is 3.58. The van der Waals surface area contributed by atoms with E-state index in [1.54, 1.807) is 0 Å². The lowest BCUT2D eigenvalue weighted by molar-refractivity contribution is 0.660. The number of fused-ring (bicyclic) bond motifs is 7. The smallest absolute Gasteiger partial charge is 0.0476 e. The summed E-state index contributed by atoms with van der Waals surface area (Å²) in [6.45, 7) is 4.71. The molecule has 8 aromatic carbocycles. The lowest BCUT2D eigenvalue weighted by atomic mass is 9.82. The summed E-state index contributed by atoms with van der Waals surface area (Å²) in [6, 6.07) is 64.3. The number of hydrogen-bond acceptors (Lipinski definition) is 3. The van der Waals surface area contributed by atoms with Crippen LogP contribution in [0.2, 0.25) is 0 Å². The fourth-order valence-electron chi connectivity index (χ4n) is 8.11. The molecule has 0 saturated heterocycles. The molecule has 1 N–H and O–H groups in total. The van der Waals surface area contributed by atoms with Gasteiger partial charge in [0, 0.05) is 54.0 Å². The van der Waals surface area contributed by atoms with E-state index >= 15 is 0 Å². The van der Waals surface area contributed by atoms with Crippen LogP contribution in [0.4, 0.5) is 28.4 Å². The number of nitrogens with zero attached hydrogens (tertiary/aromatic N) is 1. The van der Waals surface area contributed by atoms with Gasteiger partial charge in [-0.25, -0.2) is 0 Å². The van der Waals surface area contributed by atoms with Gasteiger partial charge in [-0.2, -0.15) is 0 Å². The van der Waals surface area contributed by atoms with Crippen LogP contribution in [0.1, 0.15) is 25.0 Å². The van der Waals surface area contributed by atoms with Crippen molar-refractivity contribution in [2.45, 2.75) is 19.3 Å². The monoisotopic (exact) mass is 684 g/mol. The molecule has 0 spiro atoms. The molecule has 0 atom stereocenters. The van der Waals surface area contributed by atoms with Gasteiger partial charge >= 0.3 is 0 Å². The minimum absolute atomic E-state index is 0.0811.